The molecule has 132 valence electrons. The van der Waals surface area contributed by atoms with Crippen molar-refractivity contribution in [2.24, 2.45) is 4.99 Å². The van der Waals surface area contributed by atoms with Gasteiger partial charge < -0.3 is 4.90 Å². The van der Waals surface area contributed by atoms with Gasteiger partial charge in [-0.25, -0.2) is 13.4 Å². The molecule has 1 heterocycles. The van der Waals surface area contributed by atoms with Gasteiger partial charge in [0, 0.05) is 13.1 Å². The van der Waals surface area contributed by atoms with E-state index in [0.29, 0.717) is 0 Å². The number of halogens is 3. The molecule has 4 nitrogen and oxygen atoms in total. The zero-order valence-corrected chi connectivity index (χ0v) is 16.4. The molecule has 0 amide bonds. The summed E-state index contributed by atoms with van der Waals surface area (Å²) >= 11 is 17.9. The maximum Gasteiger partial charge on any atom is 0.226 e. The maximum atomic E-state index is 12.8. The van der Waals surface area contributed by atoms with Crippen LogP contribution in [0.1, 0.15) is 31.2 Å². The van der Waals surface area contributed by atoms with Gasteiger partial charge in [-0.15, -0.1) is 0 Å². The van der Waals surface area contributed by atoms with Crippen molar-refractivity contribution in [3.8, 4) is 0 Å². The summed E-state index contributed by atoms with van der Waals surface area (Å²) in [6, 6.07) is 6.40. The molecule has 0 radical (unpaired) electrons. The molecule has 0 unspecified atom stereocenters. The Kier molecular flexibility index (Phi) is 6.99. The van der Waals surface area contributed by atoms with Gasteiger partial charge in [0.15, 0.2) is 10.3 Å². The Morgan fingerprint density at radius 3 is 2.04 bits per heavy atom. The Bertz CT molecular complexity index is 731. The second-order valence-electron chi connectivity index (χ2n) is 5.66. The number of benzene rings is 1. The van der Waals surface area contributed by atoms with Crippen LogP contribution in [0.5, 0.6) is 0 Å². The first-order valence-electron chi connectivity index (χ1n) is 7.68. The van der Waals surface area contributed by atoms with Crippen LogP contribution in [0.4, 0.5) is 0 Å². The molecule has 0 atom stereocenters. The Morgan fingerprint density at radius 2 is 1.54 bits per heavy atom. The first-order chi connectivity index (χ1) is 11.3. The van der Waals surface area contributed by atoms with Crippen LogP contribution in [0, 0.1) is 6.92 Å². The van der Waals surface area contributed by atoms with Crippen LogP contribution in [0.3, 0.4) is 0 Å². The number of hydrogen-bond acceptors (Lipinski definition) is 3. The van der Waals surface area contributed by atoms with Crippen LogP contribution < -0.4 is 0 Å². The highest BCUT2D eigenvalue weighted by Crippen LogP contribution is 2.28. The Balaban J connectivity index is 2.37. The van der Waals surface area contributed by atoms with E-state index in [2.05, 4.69) is 4.99 Å². The topological polar surface area (TPSA) is 49.7 Å². The summed E-state index contributed by atoms with van der Waals surface area (Å²) in [4.78, 5) is 5.98. The molecule has 0 aliphatic carbocycles. The zero-order valence-electron chi connectivity index (χ0n) is 13.3. The average molecular weight is 410 g/mol. The third-order valence-electron chi connectivity index (χ3n) is 3.81. The number of amidine groups is 1. The van der Waals surface area contributed by atoms with Crippen molar-refractivity contribution in [1.82, 2.24) is 4.90 Å². The standard InChI is InChI=1S/C16H19Cl3N2O2S/c1-12-6-8-13(9-7-12)24(22,23)15(14(17)18)20-16(19)21-10-4-2-3-5-11-21/h6-9H,2-5,10-11H2,1H3. The van der Waals surface area contributed by atoms with Crippen LogP contribution in [0.25, 0.3) is 0 Å². The lowest BCUT2D eigenvalue weighted by Gasteiger charge is -2.20. The molecular weight excluding hydrogens is 391 g/mol. The molecule has 0 spiro atoms. The summed E-state index contributed by atoms with van der Waals surface area (Å²) in [5.41, 5.74) is 0.947. The van der Waals surface area contributed by atoms with Gasteiger partial charge in [0.1, 0.15) is 4.49 Å². The largest absolute Gasteiger partial charge is 0.347 e. The molecule has 1 fully saturated rings. The summed E-state index contributed by atoms with van der Waals surface area (Å²) < 4.78 is 25.1. The van der Waals surface area contributed by atoms with E-state index in [-0.39, 0.29) is 10.2 Å². The van der Waals surface area contributed by atoms with E-state index in [0.717, 1.165) is 44.3 Å². The smallest absolute Gasteiger partial charge is 0.226 e. The minimum absolute atomic E-state index is 0.0750. The molecule has 24 heavy (non-hydrogen) atoms. The molecule has 0 aromatic heterocycles. The lowest BCUT2D eigenvalue weighted by molar-refractivity contribution is 0.442. The molecule has 1 saturated heterocycles. The van der Waals surface area contributed by atoms with Gasteiger partial charge in [0.05, 0.1) is 4.90 Å². The van der Waals surface area contributed by atoms with Crippen molar-refractivity contribution < 1.29 is 8.42 Å². The first-order valence-corrected chi connectivity index (χ1v) is 10.3. The predicted molar refractivity (Wildman–Crippen MR) is 100 cm³/mol. The lowest BCUT2D eigenvalue weighted by Crippen LogP contribution is -2.28. The number of aryl methyl sites for hydroxylation is 1. The van der Waals surface area contributed by atoms with Crippen LogP contribution in [0.2, 0.25) is 0 Å². The van der Waals surface area contributed by atoms with Gasteiger partial charge in [-0.1, -0.05) is 53.7 Å². The van der Waals surface area contributed by atoms with Gasteiger partial charge in [0.25, 0.3) is 0 Å². The third kappa shape index (κ3) is 4.88. The van der Waals surface area contributed by atoms with Gasteiger partial charge in [-0.3, -0.25) is 0 Å². The predicted octanol–water partition coefficient (Wildman–Crippen LogP) is 4.84. The molecule has 1 aromatic rings. The maximum absolute atomic E-state index is 12.8. The van der Waals surface area contributed by atoms with E-state index in [4.69, 9.17) is 34.8 Å². The van der Waals surface area contributed by atoms with Crippen molar-refractivity contribution in [2.45, 2.75) is 37.5 Å². The number of hydrogen-bond donors (Lipinski definition) is 0. The van der Waals surface area contributed by atoms with Crippen LogP contribution in [-0.4, -0.2) is 31.7 Å². The quantitative estimate of drug-likeness (QED) is 0.407. The summed E-state index contributed by atoms with van der Waals surface area (Å²) in [6.07, 6.45) is 4.23. The molecule has 1 aliphatic heterocycles. The summed E-state index contributed by atoms with van der Waals surface area (Å²) in [6.45, 7) is 3.34. The highest BCUT2D eigenvalue weighted by molar-refractivity contribution is 7.95. The zero-order chi connectivity index (χ0) is 17.7. The monoisotopic (exact) mass is 408 g/mol. The fourth-order valence-electron chi connectivity index (χ4n) is 2.44. The SMILES string of the molecule is Cc1ccc(S(=O)(=O)C(N=C(Cl)N2CCCCCC2)=C(Cl)Cl)cc1. The van der Waals surface area contributed by atoms with Crippen molar-refractivity contribution in [3.63, 3.8) is 0 Å². The van der Waals surface area contributed by atoms with Crippen molar-refractivity contribution in [3.05, 3.63) is 39.3 Å². The first kappa shape index (κ1) is 19.6. The van der Waals surface area contributed by atoms with E-state index < -0.39 is 19.4 Å². The molecule has 1 aromatic carbocycles. The lowest BCUT2D eigenvalue weighted by atomic mass is 10.2. The van der Waals surface area contributed by atoms with E-state index in [1.54, 1.807) is 12.1 Å². The summed E-state index contributed by atoms with van der Waals surface area (Å²) in [7, 11) is -3.94. The second-order valence-corrected chi connectivity index (χ2v) is 8.82. The molecule has 1 aliphatic rings. The van der Waals surface area contributed by atoms with Gasteiger partial charge in [-0.05, 0) is 43.5 Å². The number of nitrogens with zero attached hydrogens (tertiary/aromatic N) is 2. The van der Waals surface area contributed by atoms with Crippen LogP contribution in [0.15, 0.2) is 43.7 Å². The molecular formula is C16H19Cl3N2O2S. The molecule has 0 N–H and O–H groups in total. The molecule has 8 heteroatoms. The minimum atomic E-state index is -3.94. The van der Waals surface area contributed by atoms with E-state index in [9.17, 15) is 8.42 Å². The molecule has 2 rings (SSSR count). The Labute approximate surface area is 158 Å². The number of sulfone groups is 1. The fraction of sp³-hybridized carbons (Fsp3) is 0.438. The van der Waals surface area contributed by atoms with Gasteiger partial charge >= 0.3 is 0 Å². The third-order valence-corrected chi connectivity index (χ3v) is 6.41. The van der Waals surface area contributed by atoms with E-state index in [1.807, 2.05) is 11.8 Å². The van der Waals surface area contributed by atoms with E-state index >= 15 is 0 Å². The fourth-order valence-corrected chi connectivity index (χ4v) is 4.57. The second kappa shape index (κ2) is 8.56. The van der Waals surface area contributed by atoms with E-state index in [1.165, 1.54) is 12.1 Å². The van der Waals surface area contributed by atoms with Crippen molar-refractivity contribution >= 4 is 49.9 Å². The highest BCUT2D eigenvalue weighted by Gasteiger charge is 2.25. The average Bonchev–Trinajstić information content (AvgIpc) is 2.81. The normalized spacial score (nSPS) is 16.7. The number of aliphatic imine (C=N–C) groups is 1. The number of rotatable bonds is 3. The van der Waals surface area contributed by atoms with Crippen LogP contribution in [-0.2, 0) is 9.84 Å². The summed E-state index contributed by atoms with van der Waals surface area (Å²) in [5, 5.41) is -0.328. The van der Waals surface area contributed by atoms with Crippen LogP contribution >= 0.6 is 34.8 Å². The van der Waals surface area contributed by atoms with Gasteiger partial charge in [0.2, 0.25) is 9.84 Å². The van der Waals surface area contributed by atoms with Gasteiger partial charge in [-0.2, -0.15) is 0 Å². The highest BCUT2D eigenvalue weighted by atomic mass is 35.5. The summed E-state index contributed by atoms with van der Waals surface area (Å²) in [5.74, 6) is 0. The Hall–Kier alpha value is -0.750. The molecule has 0 bridgehead atoms. The molecule has 0 saturated carbocycles. The van der Waals surface area contributed by atoms with Crippen molar-refractivity contribution in [2.75, 3.05) is 13.1 Å². The Morgan fingerprint density at radius 1 is 1.00 bits per heavy atom. The van der Waals surface area contributed by atoms with Crippen molar-refractivity contribution in [1.29, 1.82) is 0 Å². The minimum Gasteiger partial charge on any atom is -0.347 e. The number of likely N-dealkylation sites (tertiary alicyclic amines) is 1.